The molecule has 112 valence electrons. The van der Waals surface area contributed by atoms with Crippen molar-refractivity contribution in [2.45, 2.75) is 33.1 Å². The van der Waals surface area contributed by atoms with Crippen LogP contribution in [-0.4, -0.2) is 10.9 Å². The van der Waals surface area contributed by atoms with Gasteiger partial charge in [-0.05, 0) is 47.7 Å². The molecule has 0 saturated heterocycles. The van der Waals surface area contributed by atoms with E-state index in [0.29, 0.717) is 5.56 Å². The molecule has 0 atom stereocenters. The van der Waals surface area contributed by atoms with Crippen LogP contribution in [0.1, 0.15) is 48.0 Å². The summed E-state index contributed by atoms with van der Waals surface area (Å²) in [5.74, 6) is -0.319. The summed E-state index contributed by atoms with van der Waals surface area (Å²) in [4.78, 5) is 16.3. The lowest BCUT2D eigenvalue weighted by Crippen LogP contribution is -2.16. The van der Waals surface area contributed by atoms with E-state index < -0.39 is 0 Å². The number of aromatic nitrogens is 1. The largest absolute Gasteiger partial charge is 0.321 e. The van der Waals surface area contributed by atoms with Crippen LogP contribution < -0.4 is 5.32 Å². The fourth-order valence-electron chi connectivity index (χ4n) is 2.33. The number of pyridine rings is 1. The van der Waals surface area contributed by atoms with Crippen LogP contribution in [-0.2, 0) is 5.41 Å². The maximum Gasteiger partial charge on any atom is 0.274 e. The third kappa shape index (κ3) is 3.50. The zero-order valence-corrected chi connectivity index (χ0v) is 13.3. The van der Waals surface area contributed by atoms with Gasteiger partial charge < -0.3 is 5.32 Å². The number of benzene rings is 1. The fourth-order valence-corrected chi connectivity index (χ4v) is 2.33. The number of carbonyl (C=O) groups excluding carboxylic acids is 1. The molecular formula is C18H19N3O. The molecule has 22 heavy (non-hydrogen) atoms. The van der Waals surface area contributed by atoms with Gasteiger partial charge in [-0.1, -0.05) is 26.8 Å². The predicted molar refractivity (Wildman–Crippen MR) is 86.8 cm³/mol. The monoisotopic (exact) mass is 293 g/mol. The summed E-state index contributed by atoms with van der Waals surface area (Å²) in [5, 5.41) is 11.7. The molecule has 0 spiro atoms. The Kier molecular flexibility index (Phi) is 4.27. The molecule has 0 aliphatic heterocycles. The van der Waals surface area contributed by atoms with E-state index in [1.54, 1.807) is 6.07 Å². The Labute approximate surface area is 130 Å². The Balaban J connectivity index is 2.27. The summed E-state index contributed by atoms with van der Waals surface area (Å²) < 4.78 is 0. The number of hydrogen-bond acceptors (Lipinski definition) is 3. The standard InChI is InChI=1S/C18H19N3O/c1-12-5-6-14(10-15(12)18(2,3)4)21-17(22)16-9-13(11-19)7-8-20-16/h5-10H,1-4H3,(H,21,22). The predicted octanol–water partition coefficient (Wildman–Crippen LogP) is 3.81. The minimum Gasteiger partial charge on any atom is -0.321 e. The van der Waals surface area contributed by atoms with Crippen molar-refractivity contribution in [2.24, 2.45) is 0 Å². The summed E-state index contributed by atoms with van der Waals surface area (Å²) in [5.41, 5.74) is 3.75. The van der Waals surface area contributed by atoms with Crippen molar-refractivity contribution in [3.63, 3.8) is 0 Å². The van der Waals surface area contributed by atoms with Gasteiger partial charge in [0.2, 0.25) is 0 Å². The van der Waals surface area contributed by atoms with Gasteiger partial charge in [0.05, 0.1) is 11.6 Å². The lowest BCUT2D eigenvalue weighted by Gasteiger charge is -2.22. The quantitative estimate of drug-likeness (QED) is 0.915. The molecule has 1 amide bonds. The van der Waals surface area contributed by atoms with Crippen LogP contribution >= 0.6 is 0 Å². The van der Waals surface area contributed by atoms with Gasteiger partial charge in [0.25, 0.3) is 5.91 Å². The molecule has 0 aliphatic carbocycles. The van der Waals surface area contributed by atoms with Crippen molar-refractivity contribution in [1.82, 2.24) is 4.98 Å². The lowest BCUT2D eigenvalue weighted by molar-refractivity contribution is 0.102. The number of anilines is 1. The average molecular weight is 293 g/mol. The SMILES string of the molecule is Cc1ccc(NC(=O)c2cc(C#N)ccn2)cc1C(C)(C)C. The van der Waals surface area contributed by atoms with Gasteiger partial charge in [-0.25, -0.2) is 0 Å². The maximum atomic E-state index is 12.2. The molecule has 0 fully saturated rings. The molecule has 2 rings (SSSR count). The second-order valence-corrected chi connectivity index (χ2v) is 6.28. The van der Waals surface area contributed by atoms with E-state index in [4.69, 9.17) is 5.26 Å². The molecule has 4 nitrogen and oxygen atoms in total. The van der Waals surface area contributed by atoms with Crippen molar-refractivity contribution >= 4 is 11.6 Å². The van der Waals surface area contributed by atoms with E-state index in [1.165, 1.54) is 23.4 Å². The topological polar surface area (TPSA) is 65.8 Å². The zero-order valence-electron chi connectivity index (χ0n) is 13.3. The van der Waals surface area contributed by atoms with Crippen LogP contribution in [0.15, 0.2) is 36.5 Å². The highest BCUT2D eigenvalue weighted by molar-refractivity contribution is 6.03. The number of hydrogen-bond donors (Lipinski definition) is 1. The molecule has 0 saturated carbocycles. The third-order valence-electron chi connectivity index (χ3n) is 3.43. The molecule has 0 unspecified atom stereocenters. The van der Waals surface area contributed by atoms with Crippen LogP contribution in [0.3, 0.4) is 0 Å². The van der Waals surface area contributed by atoms with Crippen molar-refractivity contribution < 1.29 is 4.79 Å². The van der Waals surface area contributed by atoms with Crippen LogP contribution in [0.25, 0.3) is 0 Å². The second kappa shape index (κ2) is 5.98. The summed E-state index contributed by atoms with van der Waals surface area (Å²) in [6.07, 6.45) is 1.46. The van der Waals surface area contributed by atoms with Gasteiger partial charge in [-0.3, -0.25) is 9.78 Å². The maximum absolute atomic E-state index is 12.2. The third-order valence-corrected chi connectivity index (χ3v) is 3.43. The van der Waals surface area contributed by atoms with Gasteiger partial charge >= 0.3 is 0 Å². The van der Waals surface area contributed by atoms with E-state index >= 15 is 0 Å². The molecule has 1 aromatic heterocycles. The molecule has 0 aliphatic rings. The minimum atomic E-state index is -0.319. The Morgan fingerprint density at radius 2 is 1.95 bits per heavy atom. The van der Waals surface area contributed by atoms with Gasteiger partial charge in [-0.15, -0.1) is 0 Å². The van der Waals surface area contributed by atoms with Gasteiger partial charge in [0, 0.05) is 11.9 Å². The number of nitrogens with zero attached hydrogens (tertiary/aromatic N) is 2. The molecule has 4 heteroatoms. The normalized spacial score (nSPS) is 10.9. The van der Waals surface area contributed by atoms with Crippen LogP contribution in [0.4, 0.5) is 5.69 Å². The van der Waals surface area contributed by atoms with E-state index in [1.807, 2.05) is 24.3 Å². The van der Waals surface area contributed by atoms with E-state index in [-0.39, 0.29) is 17.0 Å². The van der Waals surface area contributed by atoms with E-state index in [2.05, 4.69) is 38.0 Å². The van der Waals surface area contributed by atoms with Crippen LogP contribution in [0.5, 0.6) is 0 Å². The van der Waals surface area contributed by atoms with Crippen molar-refractivity contribution in [3.8, 4) is 6.07 Å². The number of carbonyl (C=O) groups is 1. The molecule has 1 heterocycles. The number of nitrogens with one attached hydrogen (secondary N) is 1. The molecule has 2 aromatic rings. The zero-order chi connectivity index (χ0) is 16.3. The highest BCUT2D eigenvalue weighted by Gasteiger charge is 2.17. The summed E-state index contributed by atoms with van der Waals surface area (Å²) in [7, 11) is 0. The van der Waals surface area contributed by atoms with Crippen molar-refractivity contribution in [1.29, 1.82) is 5.26 Å². The number of rotatable bonds is 2. The molecular weight excluding hydrogens is 274 g/mol. The summed E-state index contributed by atoms with van der Waals surface area (Å²) >= 11 is 0. The van der Waals surface area contributed by atoms with Crippen LogP contribution in [0, 0.1) is 18.3 Å². The molecule has 1 aromatic carbocycles. The first kappa shape index (κ1) is 15.7. The molecule has 0 radical (unpaired) electrons. The van der Waals surface area contributed by atoms with Gasteiger partial charge in [-0.2, -0.15) is 5.26 Å². The lowest BCUT2D eigenvalue weighted by atomic mass is 9.84. The molecule has 1 N–H and O–H groups in total. The van der Waals surface area contributed by atoms with E-state index in [0.717, 1.165) is 5.69 Å². The highest BCUT2D eigenvalue weighted by Crippen LogP contribution is 2.28. The van der Waals surface area contributed by atoms with Crippen molar-refractivity contribution in [2.75, 3.05) is 5.32 Å². The Hall–Kier alpha value is -2.67. The van der Waals surface area contributed by atoms with Crippen LogP contribution in [0.2, 0.25) is 0 Å². The number of nitriles is 1. The van der Waals surface area contributed by atoms with E-state index in [9.17, 15) is 4.79 Å². The summed E-state index contributed by atoms with van der Waals surface area (Å²) in [6, 6.07) is 10.9. The first-order valence-electron chi connectivity index (χ1n) is 7.10. The number of aryl methyl sites for hydroxylation is 1. The first-order chi connectivity index (χ1) is 10.3. The van der Waals surface area contributed by atoms with Gasteiger partial charge in [0.1, 0.15) is 5.69 Å². The molecule has 0 bridgehead atoms. The first-order valence-corrected chi connectivity index (χ1v) is 7.10. The highest BCUT2D eigenvalue weighted by atomic mass is 16.1. The average Bonchev–Trinajstić information content (AvgIpc) is 2.48. The Morgan fingerprint density at radius 3 is 2.59 bits per heavy atom. The minimum absolute atomic E-state index is 0.00377. The Morgan fingerprint density at radius 1 is 1.23 bits per heavy atom. The van der Waals surface area contributed by atoms with Crippen molar-refractivity contribution in [3.05, 3.63) is 58.9 Å². The second-order valence-electron chi connectivity index (χ2n) is 6.28. The Bertz CT molecular complexity index is 752. The fraction of sp³-hybridized carbons (Fsp3) is 0.278. The number of amides is 1. The smallest absolute Gasteiger partial charge is 0.274 e. The van der Waals surface area contributed by atoms with Gasteiger partial charge in [0.15, 0.2) is 0 Å². The summed E-state index contributed by atoms with van der Waals surface area (Å²) in [6.45, 7) is 8.47.